The van der Waals surface area contributed by atoms with Gasteiger partial charge in [0.15, 0.2) is 0 Å². The van der Waals surface area contributed by atoms with E-state index in [1.165, 1.54) is 23.6 Å². The molecule has 39 heavy (non-hydrogen) atoms. The van der Waals surface area contributed by atoms with Crippen molar-refractivity contribution in [3.63, 3.8) is 0 Å². The first-order valence-corrected chi connectivity index (χ1v) is 12.1. The first-order chi connectivity index (χ1) is 18.5. The highest BCUT2D eigenvalue weighted by Crippen LogP contribution is 2.26. The van der Waals surface area contributed by atoms with E-state index < -0.39 is 23.9 Å². The third-order valence-electron chi connectivity index (χ3n) is 5.84. The number of amides is 4. The molecule has 0 saturated carbocycles. The number of nitrogens with zero attached hydrogens (tertiary/aromatic N) is 3. The summed E-state index contributed by atoms with van der Waals surface area (Å²) in [7, 11) is 3.14. The quantitative estimate of drug-likeness (QED) is 0.294. The minimum atomic E-state index is -1.17. The summed E-state index contributed by atoms with van der Waals surface area (Å²) in [6, 6.07) is 11.0. The van der Waals surface area contributed by atoms with Crippen molar-refractivity contribution in [3.8, 4) is 5.75 Å². The highest BCUT2D eigenvalue weighted by Gasteiger charge is 2.20. The van der Waals surface area contributed by atoms with Crippen molar-refractivity contribution in [2.45, 2.75) is 39.4 Å². The predicted octanol–water partition coefficient (Wildman–Crippen LogP) is 2.63. The summed E-state index contributed by atoms with van der Waals surface area (Å²) in [5, 5.41) is 21.3. The van der Waals surface area contributed by atoms with Crippen molar-refractivity contribution in [3.05, 3.63) is 71.5 Å². The zero-order valence-electron chi connectivity index (χ0n) is 22.2. The molecule has 4 N–H and O–H groups in total. The zero-order valence-corrected chi connectivity index (χ0v) is 22.2. The van der Waals surface area contributed by atoms with Crippen LogP contribution in [0.4, 0.5) is 16.2 Å². The first kappa shape index (κ1) is 28.7. The second-order valence-corrected chi connectivity index (χ2v) is 9.02. The molecular weight excluding hydrogens is 504 g/mol. The molecule has 1 aromatic heterocycles. The number of aromatic nitrogens is 2. The molecule has 2 aromatic carbocycles. The van der Waals surface area contributed by atoms with Crippen molar-refractivity contribution >= 4 is 35.2 Å². The molecule has 12 nitrogen and oxygen atoms in total. The molecule has 1 heterocycles. The smallest absolute Gasteiger partial charge is 0.328 e. The summed E-state index contributed by atoms with van der Waals surface area (Å²) in [5.74, 6) is -1.37. The summed E-state index contributed by atoms with van der Waals surface area (Å²) in [6.45, 7) is 3.35. The molecule has 12 heteroatoms. The van der Waals surface area contributed by atoms with Crippen molar-refractivity contribution < 1.29 is 29.0 Å². The van der Waals surface area contributed by atoms with Crippen LogP contribution in [0.1, 0.15) is 23.6 Å². The Bertz CT molecular complexity index is 1350. The van der Waals surface area contributed by atoms with Crippen molar-refractivity contribution in [1.29, 1.82) is 0 Å². The van der Waals surface area contributed by atoms with Crippen molar-refractivity contribution in [2.24, 2.45) is 0 Å². The maximum Gasteiger partial charge on any atom is 0.328 e. The van der Waals surface area contributed by atoms with Gasteiger partial charge in [0.25, 0.3) is 0 Å². The van der Waals surface area contributed by atoms with Crippen LogP contribution in [0.2, 0.25) is 0 Å². The minimum Gasteiger partial charge on any atom is -0.495 e. The highest BCUT2D eigenvalue weighted by molar-refractivity contribution is 6.01. The lowest BCUT2D eigenvalue weighted by molar-refractivity contribution is -0.142. The first-order valence-electron chi connectivity index (χ1n) is 12.1. The standard InChI is InChI=1S/C27H32N6O6/c1-17-7-5-6-8-21(17)30-27(38)31-22-10-9-19(11-24(22)39-4)12-25(35)32(3)14-20-13-28-33(15-20)16-23(26(36)37)29-18(2)34/h5-11,13,15,23H,12,14,16H2,1-4H3,(H,29,34)(H,36,37)(H2,30,31,38). The Morgan fingerprint density at radius 2 is 1.79 bits per heavy atom. The minimum absolute atomic E-state index is 0.0459. The average molecular weight is 537 g/mol. The molecule has 0 aliphatic heterocycles. The van der Waals surface area contributed by atoms with Crippen LogP contribution in [-0.2, 0) is 33.9 Å². The molecule has 0 spiro atoms. The number of ether oxygens (including phenoxy) is 1. The van der Waals surface area contributed by atoms with Crippen molar-refractivity contribution in [1.82, 2.24) is 20.0 Å². The number of carboxylic acid groups (broad SMARTS) is 1. The molecule has 3 aromatic rings. The largest absolute Gasteiger partial charge is 0.495 e. The number of para-hydroxylation sites is 1. The Morgan fingerprint density at radius 3 is 2.46 bits per heavy atom. The van der Waals surface area contributed by atoms with E-state index in [1.807, 2.05) is 25.1 Å². The Kier molecular flexibility index (Phi) is 9.63. The molecule has 206 valence electrons. The maximum absolute atomic E-state index is 12.9. The zero-order chi connectivity index (χ0) is 28.5. The van der Waals surface area contributed by atoms with Gasteiger partial charge in [-0.2, -0.15) is 5.10 Å². The van der Waals surface area contributed by atoms with Gasteiger partial charge in [0, 0.05) is 38.0 Å². The molecule has 0 aliphatic rings. The number of rotatable bonds is 11. The lowest BCUT2D eigenvalue weighted by Gasteiger charge is -2.17. The van der Waals surface area contributed by atoms with Gasteiger partial charge in [0.05, 0.1) is 32.0 Å². The van der Waals surface area contributed by atoms with E-state index in [0.29, 0.717) is 28.3 Å². The van der Waals surface area contributed by atoms with E-state index >= 15 is 0 Å². The number of urea groups is 1. The Balaban J connectivity index is 1.58. The number of aliphatic carboxylic acids is 1. The van der Waals surface area contributed by atoms with Gasteiger partial charge in [0.2, 0.25) is 11.8 Å². The van der Waals surface area contributed by atoms with E-state index in [-0.39, 0.29) is 25.4 Å². The Labute approximate surface area is 225 Å². The SMILES string of the molecule is COc1cc(CC(=O)N(C)Cc2cnn(CC(NC(C)=O)C(=O)O)c2)ccc1NC(=O)Nc1ccccc1C. The molecular formula is C27H32N6O6. The van der Waals surface area contributed by atoms with Gasteiger partial charge in [-0.15, -0.1) is 0 Å². The van der Waals surface area contributed by atoms with Crippen LogP contribution < -0.4 is 20.7 Å². The topological polar surface area (TPSA) is 155 Å². The van der Waals surface area contributed by atoms with E-state index in [0.717, 1.165) is 5.56 Å². The van der Waals surface area contributed by atoms with Gasteiger partial charge in [-0.05, 0) is 36.2 Å². The average Bonchev–Trinajstić information content (AvgIpc) is 3.32. The van der Waals surface area contributed by atoms with Crippen LogP contribution in [-0.4, -0.2) is 63.8 Å². The molecule has 0 saturated heterocycles. The van der Waals surface area contributed by atoms with E-state index in [1.54, 1.807) is 43.7 Å². The number of carbonyl (C=O) groups is 4. The third kappa shape index (κ3) is 8.32. The number of benzene rings is 2. The molecule has 3 rings (SSSR count). The van der Waals surface area contributed by atoms with Crippen LogP contribution in [0.5, 0.6) is 5.75 Å². The van der Waals surface area contributed by atoms with Gasteiger partial charge in [-0.3, -0.25) is 14.3 Å². The number of carbonyl (C=O) groups excluding carboxylic acids is 3. The fourth-order valence-electron chi connectivity index (χ4n) is 3.82. The van der Waals surface area contributed by atoms with Crippen molar-refractivity contribution in [2.75, 3.05) is 24.8 Å². The van der Waals surface area contributed by atoms with Crippen LogP contribution in [0.25, 0.3) is 0 Å². The number of hydrogen-bond donors (Lipinski definition) is 4. The number of carboxylic acids is 1. The summed E-state index contributed by atoms with van der Waals surface area (Å²) < 4.78 is 6.84. The lowest BCUT2D eigenvalue weighted by atomic mass is 10.1. The second kappa shape index (κ2) is 13.1. The second-order valence-electron chi connectivity index (χ2n) is 9.02. The highest BCUT2D eigenvalue weighted by atomic mass is 16.5. The van der Waals surface area contributed by atoms with Crippen LogP contribution in [0.15, 0.2) is 54.9 Å². The van der Waals surface area contributed by atoms with E-state index in [4.69, 9.17) is 4.74 Å². The fraction of sp³-hybridized carbons (Fsp3) is 0.296. The summed E-state index contributed by atoms with van der Waals surface area (Å²) in [4.78, 5) is 49.4. The molecule has 1 atom stereocenters. The summed E-state index contributed by atoms with van der Waals surface area (Å²) >= 11 is 0. The number of aryl methyl sites for hydroxylation is 1. The third-order valence-corrected chi connectivity index (χ3v) is 5.84. The van der Waals surface area contributed by atoms with Gasteiger partial charge in [0.1, 0.15) is 11.8 Å². The van der Waals surface area contributed by atoms with Gasteiger partial charge >= 0.3 is 12.0 Å². The predicted molar refractivity (Wildman–Crippen MR) is 144 cm³/mol. The normalized spacial score (nSPS) is 11.3. The summed E-state index contributed by atoms with van der Waals surface area (Å²) in [5.41, 5.74) is 3.48. The molecule has 0 fully saturated rings. The number of methoxy groups -OCH3 is 1. The van der Waals surface area contributed by atoms with Crippen LogP contribution >= 0.6 is 0 Å². The molecule has 0 radical (unpaired) electrons. The molecule has 1 unspecified atom stereocenters. The number of anilines is 2. The fourth-order valence-corrected chi connectivity index (χ4v) is 3.82. The molecule has 0 aliphatic carbocycles. The van der Waals surface area contributed by atoms with Crippen LogP contribution in [0, 0.1) is 6.92 Å². The molecule has 0 bridgehead atoms. The molecule has 4 amide bonds. The lowest BCUT2D eigenvalue weighted by Crippen LogP contribution is -2.42. The number of likely N-dealkylation sites (N-methyl/N-ethyl adjacent to an activating group) is 1. The Hall–Kier alpha value is -4.87. The van der Waals surface area contributed by atoms with Gasteiger partial charge in [-0.25, -0.2) is 9.59 Å². The summed E-state index contributed by atoms with van der Waals surface area (Å²) in [6.07, 6.45) is 3.27. The van der Waals surface area contributed by atoms with E-state index in [9.17, 15) is 24.3 Å². The number of hydrogen-bond acceptors (Lipinski definition) is 6. The van der Waals surface area contributed by atoms with Gasteiger partial charge < -0.3 is 30.7 Å². The maximum atomic E-state index is 12.9. The van der Waals surface area contributed by atoms with E-state index in [2.05, 4.69) is 21.0 Å². The van der Waals surface area contributed by atoms with Gasteiger partial charge in [-0.1, -0.05) is 24.3 Å². The van der Waals surface area contributed by atoms with Crippen LogP contribution in [0.3, 0.4) is 0 Å². The number of nitrogens with one attached hydrogen (secondary N) is 3. The Morgan fingerprint density at radius 1 is 1.08 bits per heavy atom. The monoisotopic (exact) mass is 536 g/mol.